The van der Waals surface area contributed by atoms with E-state index in [4.69, 9.17) is 5.26 Å². The van der Waals surface area contributed by atoms with E-state index in [9.17, 15) is 9.18 Å². The Hall–Kier alpha value is -3.20. The Bertz CT molecular complexity index is 1270. The molecule has 7 rings (SSSR count). The van der Waals surface area contributed by atoms with Crippen LogP contribution in [0.1, 0.15) is 49.8 Å². The molecular formula is C26H25FN4O. The minimum absolute atomic E-state index is 0.0254. The van der Waals surface area contributed by atoms with Crippen LogP contribution in [-0.4, -0.2) is 27.1 Å². The molecule has 0 radical (unpaired) electrons. The molecule has 32 heavy (non-hydrogen) atoms. The summed E-state index contributed by atoms with van der Waals surface area (Å²) in [5.74, 6) is 0.427. The average Bonchev–Trinajstić information content (AvgIpc) is 3.32. The van der Waals surface area contributed by atoms with Gasteiger partial charge in [0.05, 0.1) is 34.8 Å². The molecule has 0 N–H and O–H groups in total. The molecule has 3 aromatic rings. The Morgan fingerprint density at radius 1 is 1.25 bits per heavy atom. The van der Waals surface area contributed by atoms with Gasteiger partial charge in [-0.3, -0.25) is 9.48 Å². The second kappa shape index (κ2) is 6.65. The summed E-state index contributed by atoms with van der Waals surface area (Å²) in [5, 5.41) is 14.6. The molecule has 2 unspecified atom stereocenters. The lowest BCUT2D eigenvalue weighted by atomic mass is 9.34. The highest BCUT2D eigenvalue weighted by molar-refractivity contribution is 5.87. The van der Waals surface area contributed by atoms with Crippen molar-refractivity contribution < 1.29 is 9.18 Å². The van der Waals surface area contributed by atoms with Crippen LogP contribution in [0.25, 0.3) is 10.9 Å². The van der Waals surface area contributed by atoms with Crippen molar-refractivity contribution in [2.45, 2.75) is 45.2 Å². The van der Waals surface area contributed by atoms with E-state index in [0.717, 1.165) is 55.2 Å². The highest BCUT2D eigenvalue weighted by Crippen LogP contribution is 2.74. The number of likely N-dealkylation sites (tertiary alicyclic amines) is 1. The minimum Gasteiger partial charge on any atom is -0.335 e. The average molecular weight is 429 g/mol. The molecule has 2 atom stereocenters. The first-order chi connectivity index (χ1) is 15.4. The molecule has 3 saturated carbocycles. The van der Waals surface area contributed by atoms with Crippen LogP contribution in [0.5, 0.6) is 0 Å². The number of hydrogen-bond acceptors (Lipinski definition) is 3. The zero-order valence-electron chi connectivity index (χ0n) is 18.1. The number of aromatic nitrogens is 2. The van der Waals surface area contributed by atoms with Crippen LogP contribution in [-0.2, 0) is 11.3 Å². The molecular weight excluding hydrogens is 403 g/mol. The number of halogens is 1. The van der Waals surface area contributed by atoms with Crippen LogP contribution in [0, 0.1) is 33.9 Å². The van der Waals surface area contributed by atoms with Crippen molar-refractivity contribution in [3.8, 4) is 6.07 Å². The van der Waals surface area contributed by atoms with Gasteiger partial charge in [0.1, 0.15) is 5.82 Å². The minimum atomic E-state index is -0.243. The number of carbonyl (C=O) groups is 1. The van der Waals surface area contributed by atoms with Gasteiger partial charge in [0.2, 0.25) is 5.91 Å². The molecule has 3 aliphatic carbocycles. The fourth-order valence-corrected chi connectivity index (χ4v) is 6.60. The molecule has 2 heterocycles. The van der Waals surface area contributed by atoms with Gasteiger partial charge in [-0.1, -0.05) is 19.1 Å². The van der Waals surface area contributed by atoms with Gasteiger partial charge in [-0.25, -0.2) is 4.39 Å². The molecule has 1 amide bonds. The summed E-state index contributed by atoms with van der Waals surface area (Å²) in [6.07, 6.45) is 5.41. The number of fused-ring (bicyclic) bond motifs is 1. The van der Waals surface area contributed by atoms with E-state index >= 15 is 0 Å². The highest BCUT2D eigenvalue weighted by Gasteiger charge is 2.72. The molecule has 2 bridgehead atoms. The second-order valence-electron chi connectivity index (χ2n) is 10.4. The number of hydrogen-bond donors (Lipinski definition) is 0. The van der Waals surface area contributed by atoms with Gasteiger partial charge < -0.3 is 4.90 Å². The van der Waals surface area contributed by atoms with Crippen molar-refractivity contribution in [3.05, 3.63) is 65.6 Å². The van der Waals surface area contributed by atoms with E-state index in [0.29, 0.717) is 11.5 Å². The first-order valence-corrected chi connectivity index (χ1v) is 11.3. The Balaban J connectivity index is 1.18. The van der Waals surface area contributed by atoms with Crippen molar-refractivity contribution in [2.75, 3.05) is 6.54 Å². The number of carbonyl (C=O) groups excluding carboxylic acids is 1. The molecule has 1 aliphatic heterocycles. The summed E-state index contributed by atoms with van der Waals surface area (Å²) >= 11 is 0. The quantitative estimate of drug-likeness (QED) is 0.598. The van der Waals surface area contributed by atoms with Crippen LogP contribution < -0.4 is 0 Å². The van der Waals surface area contributed by atoms with Crippen LogP contribution in [0.4, 0.5) is 4.39 Å². The Kier molecular flexibility index (Phi) is 4.05. The van der Waals surface area contributed by atoms with E-state index in [1.54, 1.807) is 12.1 Å². The predicted octanol–water partition coefficient (Wildman–Crippen LogP) is 4.83. The van der Waals surface area contributed by atoms with Gasteiger partial charge in [0.25, 0.3) is 0 Å². The van der Waals surface area contributed by atoms with Crippen molar-refractivity contribution >= 4 is 16.8 Å². The van der Waals surface area contributed by atoms with Gasteiger partial charge in [-0.2, -0.15) is 10.4 Å². The largest absolute Gasteiger partial charge is 0.335 e. The number of nitriles is 1. The van der Waals surface area contributed by atoms with Crippen LogP contribution in [0.15, 0.2) is 48.7 Å². The zero-order valence-corrected chi connectivity index (χ0v) is 18.1. The lowest BCUT2D eigenvalue weighted by Gasteiger charge is -2.70. The molecule has 4 aliphatic rings. The summed E-state index contributed by atoms with van der Waals surface area (Å²) in [6, 6.07) is 14.5. The highest BCUT2D eigenvalue weighted by atomic mass is 19.1. The third-order valence-electron chi connectivity index (χ3n) is 7.85. The van der Waals surface area contributed by atoms with Gasteiger partial charge in [-0.05, 0) is 72.9 Å². The van der Waals surface area contributed by atoms with Crippen LogP contribution >= 0.6 is 0 Å². The van der Waals surface area contributed by atoms with Crippen LogP contribution in [0.3, 0.4) is 0 Å². The fourth-order valence-electron chi connectivity index (χ4n) is 6.60. The van der Waals surface area contributed by atoms with Crippen molar-refractivity contribution in [1.82, 2.24) is 14.7 Å². The Labute approximate surface area is 186 Å². The molecule has 2 aromatic carbocycles. The smallest absolute Gasteiger partial charge is 0.229 e. The summed E-state index contributed by atoms with van der Waals surface area (Å²) in [7, 11) is 0. The summed E-state index contributed by atoms with van der Waals surface area (Å²) in [5.41, 5.74) is 2.48. The molecule has 5 nitrogen and oxygen atoms in total. The topological polar surface area (TPSA) is 61.9 Å². The van der Waals surface area contributed by atoms with E-state index in [1.807, 2.05) is 40.0 Å². The van der Waals surface area contributed by atoms with E-state index in [-0.39, 0.29) is 28.6 Å². The normalized spacial score (nSPS) is 30.6. The zero-order chi connectivity index (χ0) is 22.1. The van der Waals surface area contributed by atoms with Gasteiger partial charge in [-0.15, -0.1) is 0 Å². The van der Waals surface area contributed by atoms with Crippen molar-refractivity contribution in [2.24, 2.45) is 16.7 Å². The third kappa shape index (κ3) is 2.80. The second-order valence-corrected chi connectivity index (χ2v) is 10.4. The summed E-state index contributed by atoms with van der Waals surface area (Å²) in [4.78, 5) is 15.6. The number of rotatable bonds is 4. The molecule has 0 spiro atoms. The monoisotopic (exact) mass is 428 g/mol. The van der Waals surface area contributed by atoms with E-state index in [2.05, 4.69) is 18.1 Å². The maximum Gasteiger partial charge on any atom is 0.229 e. The molecule has 1 saturated heterocycles. The third-order valence-corrected chi connectivity index (χ3v) is 7.85. The number of benzene rings is 2. The summed E-state index contributed by atoms with van der Waals surface area (Å²) < 4.78 is 15.8. The maximum atomic E-state index is 13.8. The van der Waals surface area contributed by atoms with Crippen molar-refractivity contribution in [3.63, 3.8) is 0 Å². The lowest BCUT2D eigenvalue weighted by Crippen LogP contribution is -2.69. The van der Waals surface area contributed by atoms with E-state index in [1.165, 1.54) is 6.07 Å². The van der Waals surface area contributed by atoms with Gasteiger partial charge in [0.15, 0.2) is 0 Å². The first-order valence-electron chi connectivity index (χ1n) is 11.3. The van der Waals surface area contributed by atoms with Gasteiger partial charge in [0, 0.05) is 18.5 Å². The Morgan fingerprint density at radius 3 is 2.81 bits per heavy atom. The number of nitrogens with zero attached hydrogens (tertiary/aromatic N) is 4. The lowest BCUT2D eigenvalue weighted by molar-refractivity contribution is -0.222. The first kappa shape index (κ1) is 19.5. The molecule has 162 valence electrons. The number of amides is 1. The van der Waals surface area contributed by atoms with Gasteiger partial charge >= 0.3 is 0 Å². The van der Waals surface area contributed by atoms with Crippen molar-refractivity contribution in [1.29, 1.82) is 5.26 Å². The molecule has 1 aromatic heterocycles. The molecule has 6 heteroatoms. The SMILES string of the molecule is CC1CC(c2cccc(F)c2)N(C(=O)C23CC(Cn4ncc5cc(C#N)ccc54)(C2)C3)C1. The Morgan fingerprint density at radius 2 is 2.06 bits per heavy atom. The maximum absolute atomic E-state index is 13.8. The fraction of sp³-hybridized carbons (Fsp3) is 0.423. The molecule has 4 fully saturated rings. The summed E-state index contributed by atoms with van der Waals surface area (Å²) in [6.45, 7) is 3.73. The van der Waals surface area contributed by atoms with Crippen LogP contribution in [0.2, 0.25) is 0 Å². The predicted molar refractivity (Wildman–Crippen MR) is 118 cm³/mol. The standard InChI is InChI=1S/C26H25FN4O/c1-17-7-23(19-3-2-4-21(27)9-19)30(12-17)24(32)26-13-25(14-26,15-26)16-31-22-6-5-18(10-28)8-20(22)11-29-31/h2-6,8-9,11,17,23H,7,12-16H2,1H3. The van der Waals surface area contributed by atoms with E-state index < -0.39 is 0 Å².